The zero-order valence-corrected chi connectivity index (χ0v) is 8.73. The summed E-state index contributed by atoms with van der Waals surface area (Å²) in [6.07, 6.45) is -0.148. The van der Waals surface area contributed by atoms with E-state index in [1.165, 1.54) is 0 Å². The molecule has 0 spiro atoms. The molecule has 4 heteroatoms. The molecular formula is C9H19F2NO. The van der Waals surface area contributed by atoms with Gasteiger partial charge in [-0.05, 0) is 13.8 Å². The second-order valence-corrected chi connectivity index (χ2v) is 3.75. The monoisotopic (exact) mass is 195 g/mol. The fourth-order valence-electron chi connectivity index (χ4n) is 0.693. The summed E-state index contributed by atoms with van der Waals surface area (Å²) in [5.74, 6) is -2.77. The van der Waals surface area contributed by atoms with Crippen LogP contribution in [0.1, 0.15) is 27.7 Å². The lowest BCUT2D eigenvalue weighted by molar-refractivity contribution is -0.0906. The van der Waals surface area contributed by atoms with Crippen molar-refractivity contribution < 1.29 is 13.5 Å². The van der Waals surface area contributed by atoms with E-state index in [2.05, 4.69) is 5.32 Å². The Morgan fingerprint density at radius 3 is 2.15 bits per heavy atom. The van der Waals surface area contributed by atoms with E-state index >= 15 is 0 Å². The number of rotatable bonds is 6. The van der Waals surface area contributed by atoms with Gasteiger partial charge in [0.25, 0.3) is 5.92 Å². The summed E-state index contributed by atoms with van der Waals surface area (Å²) < 4.78 is 30.8. The predicted octanol–water partition coefficient (Wildman–Crippen LogP) is 2.04. The van der Waals surface area contributed by atoms with Crippen molar-refractivity contribution >= 4 is 0 Å². The molecule has 80 valence electrons. The lowest BCUT2D eigenvalue weighted by Gasteiger charge is -2.19. The van der Waals surface area contributed by atoms with E-state index in [9.17, 15) is 8.78 Å². The summed E-state index contributed by atoms with van der Waals surface area (Å²) in [4.78, 5) is 0. The summed E-state index contributed by atoms with van der Waals surface area (Å²) >= 11 is 0. The maximum Gasteiger partial charge on any atom is 0.283 e. The van der Waals surface area contributed by atoms with Crippen molar-refractivity contribution in [1.29, 1.82) is 0 Å². The molecule has 0 aliphatic carbocycles. The molecule has 0 atom stereocenters. The first-order valence-corrected chi connectivity index (χ1v) is 4.56. The summed E-state index contributed by atoms with van der Waals surface area (Å²) in [6.45, 7) is 6.32. The largest absolute Gasteiger partial charge is 0.372 e. The third-order valence-electron chi connectivity index (χ3n) is 1.40. The number of ether oxygens (including phenoxy) is 1. The van der Waals surface area contributed by atoms with Gasteiger partial charge in [-0.2, -0.15) is 0 Å². The first kappa shape index (κ1) is 12.8. The molecule has 13 heavy (non-hydrogen) atoms. The van der Waals surface area contributed by atoms with E-state index in [0.717, 1.165) is 0 Å². The zero-order valence-electron chi connectivity index (χ0n) is 8.73. The topological polar surface area (TPSA) is 21.3 Å². The third kappa shape index (κ3) is 8.12. The normalized spacial score (nSPS) is 12.9. The number of hydrogen-bond acceptors (Lipinski definition) is 2. The van der Waals surface area contributed by atoms with E-state index < -0.39 is 12.5 Å². The summed E-state index contributed by atoms with van der Waals surface area (Å²) in [5.41, 5.74) is 0. The first-order chi connectivity index (χ1) is 5.83. The van der Waals surface area contributed by atoms with Crippen LogP contribution in [0.15, 0.2) is 0 Å². The van der Waals surface area contributed by atoms with Gasteiger partial charge in [0.1, 0.15) is 6.61 Å². The maximum atomic E-state index is 13.0. The third-order valence-corrected chi connectivity index (χ3v) is 1.40. The van der Waals surface area contributed by atoms with Gasteiger partial charge in [0.05, 0.1) is 12.6 Å². The van der Waals surface area contributed by atoms with Gasteiger partial charge >= 0.3 is 0 Å². The molecule has 0 saturated carbocycles. The summed E-state index contributed by atoms with van der Waals surface area (Å²) in [7, 11) is 0. The highest BCUT2D eigenvalue weighted by molar-refractivity contribution is 4.70. The lowest BCUT2D eigenvalue weighted by atomic mass is 10.3. The van der Waals surface area contributed by atoms with Crippen molar-refractivity contribution in [3.05, 3.63) is 0 Å². The molecular weight excluding hydrogens is 176 g/mol. The van der Waals surface area contributed by atoms with Gasteiger partial charge in [-0.3, -0.25) is 0 Å². The van der Waals surface area contributed by atoms with Gasteiger partial charge < -0.3 is 10.1 Å². The standard InChI is InChI=1S/C9H19F2NO/c1-7(2)12-5-9(10,11)6-13-8(3)4/h7-8,12H,5-6H2,1-4H3. The number of halogens is 2. The second kappa shape index (κ2) is 5.50. The molecule has 0 saturated heterocycles. The van der Waals surface area contributed by atoms with Crippen LogP contribution >= 0.6 is 0 Å². The summed E-state index contributed by atoms with van der Waals surface area (Å²) in [6, 6.07) is 0.0740. The van der Waals surface area contributed by atoms with E-state index in [4.69, 9.17) is 4.74 Å². The van der Waals surface area contributed by atoms with Crippen molar-refractivity contribution in [2.24, 2.45) is 0 Å². The van der Waals surface area contributed by atoms with Gasteiger partial charge in [0.2, 0.25) is 0 Å². The van der Waals surface area contributed by atoms with Crippen LogP contribution in [0.2, 0.25) is 0 Å². The lowest BCUT2D eigenvalue weighted by Crippen LogP contribution is -2.40. The Bertz CT molecular complexity index is 124. The molecule has 0 aromatic carbocycles. The molecule has 0 rings (SSSR count). The Balaban J connectivity index is 3.66. The molecule has 0 aliphatic rings. The Hall–Kier alpha value is -0.220. The number of alkyl halides is 2. The van der Waals surface area contributed by atoms with Gasteiger partial charge in [-0.1, -0.05) is 13.8 Å². The molecule has 2 nitrogen and oxygen atoms in total. The second-order valence-electron chi connectivity index (χ2n) is 3.75. The fraction of sp³-hybridized carbons (Fsp3) is 1.00. The Labute approximate surface area is 78.7 Å². The van der Waals surface area contributed by atoms with Crippen LogP contribution in [0.3, 0.4) is 0 Å². The van der Waals surface area contributed by atoms with Crippen molar-refractivity contribution in [3.8, 4) is 0 Å². The molecule has 1 N–H and O–H groups in total. The highest BCUT2D eigenvalue weighted by Crippen LogP contribution is 2.13. The van der Waals surface area contributed by atoms with Crippen LogP contribution in [-0.2, 0) is 4.74 Å². The molecule has 0 fully saturated rings. The number of nitrogens with one attached hydrogen (secondary N) is 1. The minimum atomic E-state index is -2.77. The average molecular weight is 195 g/mol. The van der Waals surface area contributed by atoms with Crippen molar-refractivity contribution in [2.75, 3.05) is 13.2 Å². The maximum absolute atomic E-state index is 13.0. The van der Waals surface area contributed by atoms with Crippen LogP contribution in [0.5, 0.6) is 0 Å². The Morgan fingerprint density at radius 2 is 1.77 bits per heavy atom. The summed E-state index contributed by atoms with van der Waals surface area (Å²) in [5, 5.41) is 2.68. The van der Waals surface area contributed by atoms with E-state index in [-0.39, 0.29) is 18.7 Å². The van der Waals surface area contributed by atoms with E-state index in [1.807, 2.05) is 13.8 Å². The highest BCUT2D eigenvalue weighted by atomic mass is 19.3. The fourth-order valence-corrected chi connectivity index (χ4v) is 0.693. The van der Waals surface area contributed by atoms with Gasteiger partial charge in [0.15, 0.2) is 0 Å². The van der Waals surface area contributed by atoms with Gasteiger partial charge in [-0.15, -0.1) is 0 Å². The van der Waals surface area contributed by atoms with Crippen LogP contribution in [0.4, 0.5) is 8.78 Å². The van der Waals surface area contributed by atoms with Gasteiger partial charge in [-0.25, -0.2) is 8.78 Å². The Kier molecular flexibility index (Phi) is 5.40. The average Bonchev–Trinajstić information content (AvgIpc) is 1.98. The van der Waals surface area contributed by atoms with Crippen LogP contribution in [-0.4, -0.2) is 31.2 Å². The van der Waals surface area contributed by atoms with Crippen LogP contribution in [0, 0.1) is 0 Å². The highest BCUT2D eigenvalue weighted by Gasteiger charge is 2.29. The van der Waals surface area contributed by atoms with Crippen LogP contribution in [0.25, 0.3) is 0 Å². The molecule has 0 radical (unpaired) electrons. The molecule has 0 amide bonds. The predicted molar refractivity (Wildman–Crippen MR) is 49.2 cm³/mol. The van der Waals surface area contributed by atoms with Crippen LogP contribution < -0.4 is 5.32 Å². The van der Waals surface area contributed by atoms with Crippen molar-refractivity contribution in [1.82, 2.24) is 5.32 Å². The zero-order chi connectivity index (χ0) is 10.5. The molecule has 0 aliphatic heterocycles. The number of hydrogen-bond donors (Lipinski definition) is 1. The van der Waals surface area contributed by atoms with Crippen molar-refractivity contribution in [2.45, 2.75) is 45.8 Å². The smallest absolute Gasteiger partial charge is 0.283 e. The van der Waals surface area contributed by atoms with Gasteiger partial charge in [0, 0.05) is 6.04 Å². The molecule has 0 heterocycles. The molecule has 0 unspecified atom stereocenters. The Morgan fingerprint density at radius 1 is 1.23 bits per heavy atom. The minimum Gasteiger partial charge on any atom is -0.372 e. The minimum absolute atomic E-state index is 0.0740. The quantitative estimate of drug-likeness (QED) is 0.700. The molecule has 0 aromatic heterocycles. The van der Waals surface area contributed by atoms with Crippen molar-refractivity contribution in [3.63, 3.8) is 0 Å². The first-order valence-electron chi connectivity index (χ1n) is 4.56. The van der Waals surface area contributed by atoms with E-state index in [0.29, 0.717) is 0 Å². The molecule has 0 aromatic rings. The SMILES string of the molecule is CC(C)NCC(F)(F)COC(C)C. The van der Waals surface area contributed by atoms with E-state index in [1.54, 1.807) is 13.8 Å². The molecule has 0 bridgehead atoms.